The van der Waals surface area contributed by atoms with Crippen LogP contribution in [-0.4, -0.2) is 87.3 Å². The van der Waals surface area contributed by atoms with E-state index in [1.54, 1.807) is 39.0 Å². The van der Waals surface area contributed by atoms with Crippen molar-refractivity contribution in [2.75, 3.05) is 62.2 Å². The van der Waals surface area contributed by atoms with Crippen molar-refractivity contribution in [3.63, 3.8) is 0 Å². The summed E-state index contributed by atoms with van der Waals surface area (Å²) in [5, 5.41) is 12.0. The third-order valence-corrected chi connectivity index (χ3v) is 12.3. The maximum atomic E-state index is 13.5. The van der Waals surface area contributed by atoms with Gasteiger partial charge < -0.3 is 24.8 Å². The summed E-state index contributed by atoms with van der Waals surface area (Å²) in [5.41, 5.74) is 5.93. The van der Waals surface area contributed by atoms with Crippen molar-refractivity contribution >= 4 is 68.2 Å². The maximum absolute atomic E-state index is 13.5. The van der Waals surface area contributed by atoms with Gasteiger partial charge in [0.05, 0.1) is 40.0 Å². The molecule has 2 unspecified atom stereocenters. The summed E-state index contributed by atoms with van der Waals surface area (Å²) in [6.07, 6.45) is 14.2. The molecule has 260 valence electrons. The number of likely N-dealkylation sites (tertiary alicyclic amines) is 1. The van der Waals surface area contributed by atoms with Gasteiger partial charge in [0.15, 0.2) is 0 Å². The molecule has 2 atom stereocenters. The number of hydrogen-bond donors (Lipinski definition) is 2. The van der Waals surface area contributed by atoms with Crippen LogP contribution >= 0.6 is 23.1 Å². The Morgan fingerprint density at radius 3 is 2.58 bits per heavy atom. The number of benzene rings is 2. The third kappa shape index (κ3) is 6.58. The lowest BCUT2D eigenvalue weighted by molar-refractivity contribution is 0.201. The second-order valence-corrected chi connectivity index (χ2v) is 18.1. The fourth-order valence-corrected chi connectivity index (χ4v) is 9.31. The minimum Gasteiger partial charge on any atom is -0.494 e. The van der Waals surface area contributed by atoms with Crippen molar-refractivity contribution in [1.82, 2.24) is 34.6 Å². The van der Waals surface area contributed by atoms with Crippen LogP contribution in [0, 0.1) is 11.8 Å². The summed E-state index contributed by atoms with van der Waals surface area (Å²) in [7, 11) is 0.877. The number of aryl methyl sites for hydroxylation is 1. The number of anilines is 5. The van der Waals surface area contributed by atoms with Crippen molar-refractivity contribution in [1.29, 1.82) is 0 Å². The average molecular weight is 758 g/mol. The van der Waals surface area contributed by atoms with Gasteiger partial charge in [0, 0.05) is 80.4 Å². The topological polar surface area (TPSA) is 126 Å². The van der Waals surface area contributed by atoms with Gasteiger partial charge in [-0.25, -0.2) is 4.98 Å². The molecule has 12 nitrogen and oxygen atoms in total. The first-order chi connectivity index (χ1) is 24.1. The predicted molar refractivity (Wildman–Crippen MR) is 203 cm³/mol. The number of hydrogen-bond acceptors (Lipinski definition) is 11. The van der Waals surface area contributed by atoms with E-state index < -0.39 is 7.14 Å². The number of methoxy groups -OCH3 is 1. The van der Waals surface area contributed by atoms with Gasteiger partial charge in [0.1, 0.15) is 24.2 Å². The van der Waals surface area contributed by atoms with E-state index in [1.165, 1.54) is 38.8 Å². The zero-order chi connectivity index (χ0) is 34.6. The Morgan fingerprint density at radius 1 is 1.00 bits per heavy atom. The highest BCUT2D eigenvalue weighted by Gasteiger charge is 2.41. The number of nitrogens with zero attached hydrogens (tertiary/aromatic N) is 8. The quantitative estimate of drug-likeness (QED) is 0.149. The summed E-state index contributed by atoms with van der Waals surface area (Å²) in [5.74, 6) is 3.25. The number of ether oxygens (including phenoxy) is 1. The van der Waals surface area contributed by atoms with Crippen LogP contribution in [0.15, 0.2) is 59.7 Å². The second kappa shape index (κ2) is 13.2. The number of fused-ring (bicyclic) bond motifs is 2. The van der Waals surface area contributed by atoms with Gasteiger partial charge in [-0.2, -0.15) is 10.1 Å². The van der Waals surface area contributed by atoms with Crippen molar-refractivity contribution in [3.05, 3.63) is 59.7 Å². The predicted octanol–water partition coefficient (Wildman–Crippen LogP) is 6.64. The number of aromatic nitrogens is 6. The number of nitrogens with one attached hydrogen (secondary N) is 2. The molecule has 3 fully saturated rings. The molecule has 14 heteroatoms. The highest BCUT2D eigenvalue weighted by Crippen LogP contribution is 2.44. The Balaban J connectivity index is 1.12. The van der Waals surface area contributed by atoms with Crippen LogP contribution in [0.5, 0.6) is 5.75 Å². The van der Waals surface area contributed by atoms with E-state index in [9.17, 15) is 4.57 Å². The van der Waals surface area contributed by atoms with Crippen LogP contribution in [0.4, 0.5) is 28.8 Å². The van der Waals surface area contributed by atoms with Crippen molar-refractivity contribution in [2.24, 2.45) is 18.9 Å². The molecule has 8 rings (SSSR count). The van der Waals surface area contributed by atoms with Crippen LogP contribution in [0.1, 0.15) is 25.7 Å². The molecule has 50 heavy (non-hydrogen) atoms. The molecule has 3 aliphatic rings. The lowest BCUT2D eigenvalue weighted by atomic mass is 9.91. The first kappa shape index (κ1) is 33.1. The monoisotopic (exact) mass is 756 g/mol. The standard InChI is InChI=1S/C36H42BrN10O2P/c1-45-20-24(17-41-45)25-15-29(32(49-2)16-30(25)47-14-10-23-9-13-46(31(23)21-47)19-22-5-6-22)43-36-40-18-26(37)35(44-36)42-28-8-7-27-33(39-12-11-38-27)34(28)50(3,4)48/h7-8,11-12,15-18,20,22-23,31H,5-6,9-10,13-14,19,21H2,1-4H3,(H2,40,42,43,44). The molecule has 0 radical (unpaired) electrons. The van der Waals surface area contributed by atoms with E-state index in [4.69, 9.17) is 9.72 Å². The number of piperidine rings is 1. The molecule has 2 aliphatic heterocycles. The summed E-state index contributed by atoms with van der Waals surface area (Å²) in [6, 6.07) is 8.59. The third-order valence-electron chi connectivity index (χ3n) is 10.2. The van der Waals surface area contributed by atoms with Gasteiger partial charge in [-0.3, -0.25) is 19.5 Å². The summed E-state index contributed by atoms with van der Waals surface area (Å²) >= 11 is 3.61. The Kier molecular flexibility index (Phi) is 8.77. The number of rotatable bonds is 10. The van der Waals surface area contributed by atoms with E-state index in [-0.39, 0.29) is 0 Å². The molecule has 2 aromatic carbocycles. The first-order valence-electron chi connectivity index (χ1n) is 17.2. The molecular formula is C36H42BrN10O2P. The van der Waals surface area contributed by atoms with Gasteiger partial charge in [0.2, 0.25) is 5.95 Å². The number of halogens is 1. The van der Waals surface area contributed by atoms with E-state index in [0.717, 1.165) is 47.4 Å². The summed E-state index contributed by atoms with van der Waals surface area (Å²) in [6.45, 7) is 7.96. The van der Waals surface area contributed by atoms with Crippen LogP contribution in [0.3, 0.4) is 0 Å². The molecule has 1 saturated carbocycles. The van der Waals surface area contributed by atoms with Crippen LogP contribution in [-0.2, 0) is 11.6 Å². The minimum absolute atomic E-state index is 0.375. The highest BCUT2D eigenvalue weighted by molar-refractivity contribution is 9.10. The van der Waals surface area contributed by atoms with Crippen molar-refractivity contribution < 1.29 is 9.30 Å². The van der Waals surface area contributed by atoms with Gasteiger partial charge in [0.25, 0.3) is 0 Å². The Morgan fingerprint density at radius 2 is 1.82 bits per heavy atom. The van der Waals surface area contributed by atoms with Crippen molar-refractivity contribution in [3.8, 4) is 16.9 Å². The molecule has 5 aromatic rings. The zero-order valence-corrected chi connectivity index (χ0v) is 31.3. The smallest absolute Gasteiger partial charge is 0.229 e. The molecule has 3 aromatic heterocycles. The molecule has 0 bridgehead atoms. The minimum atomic E-state index is -2.76. The van der Waals surface area contributed by atoms with Crippen LogP contribution < -0.4 is 25.6 Å². The molecular weight excluding hydrogens is 715 g/mol. The lowest BCUT2D eigenvalue weighted by Gasteiger charge is -2.40. The van der Waals surface area contributed by atoms with Gasteiger partial charge in [-0.15, -0.1) is 0 Å². The molecule has 5 heterocycles. The lowest BCUT2D eigenvalue weighted by Crippen LogP contribution is -2.48. The van der Waals surface area contributed by atoms with Crippen molar-refractivity contribution in [2.45, 2.75) is 31.7 Å². The molecule has 2 N–H and O–H groups in total. The first-order valence-corrected chi connectivity index (χ1v) is 20.6. The fraction of sp³-hybridized carbons (Fsp3) is 0.417. The van der Waals surface area contributed by atoms with E-state index in [1.807, 2.05) is 30.1 Å². The molecule has 1 aliphatic carbocycles. The largest absolute Gasteiger partial charge is 0.494 e. The SMILES string of the molecule is COc1cc(N2CCC3CCN(CC4CC4)C3C2)c(-c2cnn(C)c2)cc1Nc1ncc(Br)c(Nc2ccc3nccnc3c2P(C)(C)=O)n1. The highest BCUT2D eigenvalue weighted by atomic mass is 79.9. The molecule has 2 saturated heterocycles. The fourth-order valence-electron chi connectivity index (χ4n) is 7.63. The Bertz CT molecular complexity index is 2110. The molecule has 0 spiro atoms. The Labute approximate surface area is 300 Å². The van der Waals surface area contributed by atoms with Crippen LogP contribution in [0.25, 0.3) is 22.2 Å². The second-order valence-electron chi connectivity index (χ2n) is 14.1. The summed E-state index contributed by atoms with van der Waals surface area (Å²) in [4.78, 5) is 23.7. The van der Waals surface area contributed by atoms with E-state index in [0.29, 0.717) is 50.1 Å². The van der Waals surface area contributed by atoms with Gasteiger partial charge in [-0.1, -0.05) is 0 Å². The summed E-state index contributed by atoms with van der Waals surface area (Å²) < 4.78 is 22.0. The van der Waals surface area contributed by atoms with Crippen LogP contribution in [0.2, 0.25) is 0 Å². The maximum Gasteiger partial charge on any atom is 0.229 e. The van der Waals surface area contributed by atoms with Gasteiger partial charge >= 0.3 is 0 Å². The Hall–Kier alpha value is -4.06. The normalized spacial score (nSPS) is 19.5. The average Bonchev–Trinajstić information content (AvgIpc) is 3.68. The molecule has 0 amide bonds. The zero-order valence-electron chi connectivity index (χ0n) is 28.8. The van der Waals surface area contributed by atoms with Gasteiger partial charge in [-0.05, 0) is 91.5 Å². The van der Waals surface area contributed by atoms with E-state index >= 15 is 0 Å². The van der Waals surface area contributed by atoms with E-state index in [2.05, 4.69) is 74.7 Å².